The first-order chi connectivity index (χ1) is 18.2. The Hall–Kier alpha value is -4.05. The van der Waals surface area contributed by atoms with E-state index in [-0.39, 0.29) is 29.5 Å². The Balaban J connectivity index is 1.44. The second kappa shape index (κ2) is 12.0. The van der Waals surface area contributed by atoms with Gasteiger partial charge in [-0.1, -0.05) is 34.9 Å². The highest BCUT2D eigenvalue weighted by molar-refractivity contribution is 6.30. The fourth-order valence-corrected chi connectivity index (χ4v) is 4.18. The third-order valence-corrected chi connectivity index (χ3v) is 6.27. The molecule has 1 fully saturated rings. The van der Waals surface area contributed by atoms with Crippen molar-refractivity contribution in [2.24, 2.45) is 5.92 Å². The number of carbonyl (C=O) groups is 2. The Morgan fingerprint density at radius 1 is 1.16 bits per heavy atom. The molecular weight excluding hydrogens is 508 g/mol. The number of nitrogens with one attached hydrogen (secondary N) is 3. The van der Waals surface area contributed by atoms with Crippen molar-refractivity contribution in [1.82, 2.24) is 20.8 Å². The van der Waals surface area contributed by atoms with Crippen molar-refractivity contribution >= 4 is 35.1 Å². The Labute approximate surface area is 226 Å². The molecule has 38 heavy (non-hydrogen) atoms. The summed E-state index contributed by atoms with van der Waals surface area (Å²) in [6.45, 7) is 6.50. The minimum Gasteiger partial charge on any atom is -0.490 e. The number of rotatable bonds is 9. The minimum atomic E-state index is -0.409. The molecule has 1 aromatic heterocycles. The highest BCUT2D eigenvalue weighted by Crippen LogP contribution is 2.34. The van der Waals surface area contributed by atoms with Crippen LogP contribution in [0.25, 0.3) is 11.5 Å². The van der Waals surface area contributed by atoms with Gasteiger partial charge >= 0.3 is 6.01 Å². The van der Waals surface area contributed by atoms with E-state index in [2.05, 4.69) is 26.1 Å². The second-order valence-electron chi connectivity index (χ2n) is 9.19. The maximum absolute atomic E-state index is 13.1. The van der Waals surface area contributed by atoms with Crippen LogP contribution in [0.15, 0.2) is 64.3 Å². The van der Waals surface area contributed by atoms with Gasteiger partial charge in [-0.3, -0.25) is 9.59 Å². The molecule has 1 atom stereocenters. The molecule has 0 saturated carbocycles. The van der Waals surface area contributed by atoms with Gasteiger partial charge < -0.3 is 30.0 Å². The minimum absolute atomic E-state index is 0.0459. The van der Waals surface area contributed by atoms with Crippen LogP contribution in [0.4, 0.5) is 11.7 Å². The first-order valence-electron chi connectivity index (χ1n) is 12.4. The normalized spacial score (nSPS) is 15.7. The SMILES string of the molecule is CN/C(C)=C(/NC(=O)[C@H]1CCN(c2nnc(-c3cc(Cl)ccc3OC(C)C)o2)C1)C(=O)Nc1ccccc1. The molecule has 2 amide bonds. The number of halogens is 1. The van der Waals surface area contributed by atoms with Crippen molar-refractivity contribution in [3.05, 3.63) is 64.9 Å². The number of allylic oxidation sites excluding steroid dienone is 1. The monoisotopic (exact) mass is 538 g/mol. The van der Waals surface area contributed by atoms with Crippen LogP contribution in [0, 0.1) is 5.92 Å². The fourth-order valence-electron chi connectivity index (χ4n) is 4.01. The summed E-state index contributed by atoms with van der Waals surface area (Å²) in [4.78, 5) is 27.9. The number of aromatic nitrogens is 2. The van der Waals surface area contributed by atoms with Crippen molar-refractivity contribution in [2.45, 2.75) is 33.3 Å². The van der Waals surface area contributed by atoms with E-state index in [1.807, 2.05) is 36.9 Å². The van der Waals surface area contributed by atoms with Gasteiger partial charge in [0.25, 0.3) is 11.8 Å². The van der Waals surface area contributed by atoms with Crippen LogP contribution in [0.2, 0.25) is 5.02 Å². The van der Waals surface area contributed by atoms with E-state index < -0.39 is 5.91 Å². The maximum atomic E-state index is 13.1. The lowest BCUT2D eigenvalue weighted by Gasteiger charge is -2.17. The van der Waals surface area contributed by atoms with Gasteiger partial charge in [0.1, 0.15) is 11.4 Å². The summed E-state index contributed by atoms with van der Waals surface area (Å²) < 4.78 is 11.8. The zero-order valence-corrected chi connectivity index (χ0v) is 22.5. The van der Waals surface area contributed by atoms with Crippen LogP contribution >= 0.6 is 11.6 Å². The molecule has 1 aliphatic rings. The summed E-state index contributed by atoms with van der Waals surface area (Å²) in [5.74, 6) is -0.179. The third kappa shape index (κ3) is 6.44. The van der Waals surface area contributed by atoms with Crippen LogP contribution in [0.1, 0.15) is 27.2 Å². The Bertz CT molecular complexity index is 1320. The Morgan fingerprint density at radius 2 is 1.92 bits per heavy atom. The van der Waals surface area contributed by atoms with Crippen molar-refractivity contribution in [2.75, 3.05) is 30.4 Å². The number of anilines is 2. The van der Waals surface area contributed by atoms with Crippen molar-refractivity contribution in [3.8, 4) is 17.2 Å². The highest BCUT2D eigenvalue weighted by atomic mass is 35.5. The van der Waals surface area contributed by atoms with Gasteiger partial charge in [0.05, 0.1) is 17.6 Å². The van der Waals surface area contributed by atoms with E-state index in [1.54, 1.807) is 44.3 Å². The number of para-hydroxylation sites is 1. The largest absolute Gasteiger partial charge is 0.490 e. The number of benzene rings is 2. The number of ether oxygens (including phenoxy) is 1. The Kier molecular flexibility index (Phi) is 8.52. The molecule has 0 bridgehead atoms. The van der Waals surface area contributed by atoms with E-state index in [0.29, 0.717) is 53.2 Å². The highest BCUT2D eigenvalue weighted by Gasteiger charge is 2.32. The molecule has 1 aliphatic heterocycles. The molecule has 0 spiro atoms. The summed E-state index contributed by atoms with van der Waals surface area (Å²) in [6.07, 6.45) is 0.518. The number of hydrogen-bond donors (Lipinski definition) is 3. The predicted octanol–water partition coefficient (Wildman–Crippen LogP) is 4.21. The fraction of sp³-hybridized carbons (Fsp3) is 0.333. The topological polar surface area (TPSA) is 122 Å². The van der Waals surface area contributed by atoms with Gasteiger partial charge in [0.2, 0.25) is 5.91 Å². The molecule has 0 aliphatic carbocycles. The second-order valence-corrected chi connectivity index (χ2v) is 9.62. The average Bonchev–Trinajstić information content (AvgIpc) is 3.58. The van der Waals surface area contributed by atoms with Crippen molar-refractivity contribution in [3.63, 3.8) is 0 Å². The van der Waals surface area contributed by atoms with Gasteiger partial charge in [-0.25, -0.2) is 0 Å². The quantitative estimate of drug-likeness (QED) is 0.346. The molecule has 4 rings (SSSR count). The lowest BCUT2D eigenvalue weighted by Crippen LogP contribution is -2.38. The van der Waals surface area contributed by atoms with E-state index in [9.17, 15) is 9.59 Å². The molecule has 1 saturated heterocycles. The van der Waals surface area contributed by atoms with Gasteiger partial charge in [0, 0.05) is 36.5 Å². The van der Waals surface area contributed by atoms with Crippen LogP contribution < -0.4 is 25.6 Å². The Morgan fingerprint density at radius 3 is 2.63 bits per heavy atom. The smallest absolute Gasteiger partial charge is 0.318 e. The van der Waals surface area contributed by atoms with Gasteiger partial charge in [0.15, 0.2) is 0 Å². The lowest BCUT2D eigenvalue weighted by molar-refractivity contribution is -0.125. The summed E-state index contributed by atoms with van der Waals surface area (Å²) in [5, 5.41) is 17.5. The summed E-state index contributed by atoms with van der Waals surface area (Å²) >= 11 is 6.20. The molecule has 2 aromatic carbocycles. The third-order valence-electron chi connectivity index (χ3n) is 6.04. The summed E-state index contributed by atoms with van der Waals surface area (Å²) in [7, 11) is 1.69. The molecular formula is C27H31ClN6O4. The number of carbonyl (C=O) groups excluding carboxylic acids is 2. The number of amides is 2. The summed E-state index contributed by atoms with van der Waals surface area (Å²) in [5.41, 5.74) is 1.94. The van der Waals surface area contributed by atoms with E-state index in [4.69, 9.17) is 20.8 Å². The number of hydrogen-bond acceptors (Lipinski definition) is 8. The van der Waals surface area contributed by atoms with Crippen molar-refractivity contribution < 1.29 is 18.7 Å². The zero-order chi connectivity index (χ0) is 27.2. The maximum Gasteiger partial charge on any atom is 0.318 e. The van der Waals surface area contributed by atoms with Crippen LogP contribution in [0.3, 0.4) is 0 Å². The molecule has 3 aromatic rings. The summed E-state index contributed by atoms with van der Waals surface area (Å²) in [6, 6.07) is 14.6. The average molecular weight is 539 g/mol. The van der Waals surface area contributed by atoms with E-state index in [1.165, 1.54) is 0 Å². The first kappa shape index (κ1) is 27.0. The lowest BCUT2D eigenvalue weighted by atomic mass is 10.1. The van der Waals surface area contributed by atoms with E-state index in [0.717, 1.165) is 0 Å². The van der Waals surface area contributed by atoms with Crippen LogP contribution in [0.5, 0.6) is 5.75 Å². The zero-order valence-electron chi connectivity index (χ0n) is 21.7. The molecule has 11 heteroatoms. The van der Waals surface area contributed by atoms with Crippen LogP contribution in [-0.2, 0) is 9.59 Å². The van der Waals surface area contributed by atoms with Gasteiger partial charge in [-0.15, -0.1) is 5.10 Å². The van der Waals surface area contributed by atoms with Crippen LogP contribution in [-0.4, -0.2) is 48.3 Å². The van der Waals surface area contributed by atoms with Gasteiger partial charge in [-0.05, 0) is 57.5 Å². The van der Waals surface area contributed by atoms with Crippen molar-refractivity contribution in [1.29, 1.82) is 0 Å². The standard InChI is InChI=1S/C27H31ClN6O4/c1-16(2)37-22-11-10-19(28)14-21(22)26-32-33-27(38-26)34-13-12-18(15-34)24(35)31-23(17(3)29-4)25(36)30-20-8-6-5-7-9-20/h5-11,14,16,18,29H,12-13,15H2,1-4H3,(H,30,36)(H,31,35)/b23-17+/t18-/m0/s1. The molecule has 0 unspecified atom stereocenters. The molecule has 10 nitrogen and oxygen atoms in total. The van der Waals surface area contributed by atoms with Gasteiger partial charge in [-0.2, -0.15) is 0 Å². The molecule has 2 heterocycles. The molecule has 200 valence electrons. The first-order valence-corrected chi connectivity index (χ1v) is 12.7. The predicted molar refractivity (Wildman–Crippen MR) is 146 cm³/mol. The molecule has 3 N–H and O–H groups in total. The van der Waals surface area contributed by atoms with E-state index >= 15 is 0 Å². The number of nitrogens with zero attached hydrogens (tertiary/aromatic N) is 3. The molecule has 0 radical (unpaired) electrons.